The zero-order chi connectivity index (χ0) is 18.2. The number of aryl methyl sites for hydroxylation is 1. The van der Waals surface area contributed by atoms with Crippen LogP contribution in [0.2, 0.25) is 0 Å². The first-order chi connectivity index (χ1) is 11.9. The molecule has 2 amide bonds. The number of H-pyrrole nitrogens is 1. The van der Waals surface area contributed by atoms with Gasteiger partial charge in [-0.3, -0.25) is 4.79 Å². The Morgan fingerprint density at radius 2 is 2.20 bits per heavy atom. The zero-order valence-electron chi connectivity index (χ0n) is 14.4. The summed E-state index contributed by atoms with van der Waals surface area (Å²) in [6, 6.07) is 4.93. The van der Waals surface area contributed by atoms with Crippen LogP contribution < -0.4 is 11.1 Å². The van der Waals surface area contributed by atoms with Crippen molar-refractivity contribution in [2.75, 3.05) is 6.61 Å². The van der Waals surface area contributed by atoms with Gasteiger partial charge >= 0.3 is 12.0 Å². The van der Waals surface area contributed by atoms with Crippen molar-refractivity contribution in [3.8, 4) is 0 Å². The maximum absolute atomic E-state index is 11.5. The average Bonchev–Trinajstić information content (AvgIpc) is 2.97. The minimum Gasteiger partial charge on any atom is -0.481 e. The van der Waals surface area contributed by atoms with Gasteiger partial charge in [0, 0.05) is 16.5 Å². The maximum Gasteiger partial charge on any atom is 0.312 e. The van der Waals surface area contributed by atoms with Crippen LogP contribution in [0.25, 0.3) is 10.9 Å². The number of carboxylic acids is 1. The van der Waals surface area contributed by atoms with Crippen LogP contribution in [0.3, 0.4) is 0 Å². The van der Waals surface area contributed by atoms with E-state index in [2.05, 4.69) is 17.2 Å². The highest BCUT2D eigenvalue weighted by atomic mass is 16.5. The number of hydrogen-bond acceptors (Lipinski definition) is 3. The molecule has 0 spiro atoms. The van der Waals surface area contributed by atoms with Crippen LogP contribution in [-0.4, -0.2) is 28.7 Å². The molecule has 1 aliphatic rings. The Kier molecular flexibility index (Phi) is 4.43. The van der Waals surface area contributed by atoms with E-state index in [1.54, 1.807) is 0 Å². The Labute approximate surface area is 145 Å². The second kappa shape index (κ2) is 6.40. The van der Waals surface area contributed by atoms with Gasteiger partial charge in [0.05, 0.1) is 24.8 Å². The fourth-order valence-corrected chi connectivity index (χ4v) is 3.79. The van der Waals surface area contributed by atoms with Gasteiger partial charge in [-0.2, -0.15) is 0 Å². The number of aromatic nitrogens is 1. The number of fused-ring (bicyclic) bond motifs is 3. The number of ether oxygens (including phenoxy) is 1. The molecule has 134 valence electrons. The van der Waals surface area contributed by atoms with E-state index in [0.717, 1.165) is 34.1 Å². The lowest BCUT2D eigenvalue weighted by molar-refractivity contribution is -0.150. The molecule has 3 rings (SSSR count). The largest absolute Gasteiger partial charge is 0.481 e. The summed E-state index contributed by atoms with van der Waals surface area (Å²) >= 11 is 0. The van der Waals surface area contributed by atoms with Gasteiger partial charge in [-0.25, -0.2) is 4.79 Å². The molecule has 1 aliphatic heterocycles. The Balaban J connectivity index is 2.27. The van der Waals surface area contributed by atoms with Gasteiger partial charge in [0.1, 0.15) is 5.60 Å². The first-order valence-corrected chi connectivity index (χ1v) is 8.47. The van der Waals surface area contributed by atoms with E-state index < -0.39 is 23.6 Å². The topological polar surface area (TPSA) is 117 Å². The molecule has 7 heteroatoms. The molecular weight excluding hydrogens is 322 g/mol. The van der Waals surface area contributed by atoms with E-state index in [1.807, 2.05) is 25.1 Å². The second-order valence-corrected chi connectivity index (χ2v) is 6.40. The van der Waals surface area contributed by atoms with E-state index in [0.29, 0.717) is 6.42 Å². The van der Waals surface area contributed by atoms with E-state index in [9.17, 15) is 14.7 Å². The van der Waals surface area contributed by atoms with Crippen LogP contribution in [-0.2, 0) is 21.6 Å². The van der Waals surface area contributed by atoms with Gasteiger partial charge < -0.3 is 25.9 Å². The molecule has 1 aromatic carbocycles. The van der Waals surface area contributed by atoms with Gasteiger partial charge in [0.2, 0.25) is 0 Å². The van der Waals surface area contributed by atoms with Crippen molar-refractivity contribution < 1.29 is 19.4 Å². The summed E-state index contributed by atoms with van der Waals surface area (Å²) in [4.78, 5) is 26.3. The number of carboxylic acid groups (broad SMARTS) is 1. The van der Waals surface area contributed by atoms with Gasteiger partial charge in [0.15, 0.2) is 0 Å². The number of primary amides is 1. The minimum absolute atomic E-state index is 0.145. The third-order valence-corrected chi connectivity index (χ3v) is 5.00. The number of para-hydroxylation sites is 1. The molecule has 2 unspecified atom stereocenters. The minimum atomic E-state index is -0.943. The number of rotatable bonds is 5. The Bertz CT molecular complexity index is 829. The van der Waals surface area contributed by atoms with Gasteiger partial charge in [-0.1, -0.05) is 32.0 Å². The lowest BCUT2D eigenvalue weighted by atomic mass is 9.84. The van der Waals surface area contributed by atoms with Crippen molar-refractivity contribution in [2.24, 2.45) is 5.73 Å². The summed E-state index contributed by atoms with van der Waals surface area (Å²) in [5.41, 5.74) is 8.06. The highest BCUT2D eigenvalue weighted by Crippen LogP contribution is 2.45. The maximum atomic E-state index is 11.5. The number of aromatic amines is 1. The molecule has 2 atom stereocenters. The molecule has 2 heterocycles. The number of benzene rings is 1. The molecule has 0 radical (unpaired) electrons. The number of amides is 2. The molecule has 2 aromatic rings. The number of urea groups is 1. The quantitative estimate of drug-likeness (QED) is 0.666. The summed E-state index contributed by atoms with van der Waals surface area (Å²) in [5, 5.41) is 13.1. The van der Waals surface area contributed by atoms with Crippen LogP contribution in [0.5, 0.6) is 0 Å². The lowest BCUT2D eigenvalue weighted by Gasteiger charge is -2.39. The van der Waals surface area contributed by atoms with Crippen molar-refractivity contribution in [3.63, 3.8) is 0 Å². The predicted octanol–water partition coefficient (Wildman–Crippen LogP) is 2.55. The molecule has 0 saturated carbocycles. The van der Waals surface area contributed by atoms with Crippen molar-refractivity contribution in [1.29, 1.82) is 0 Å². The van der Waals surface area contributed by atoms with Crippen LogP contribution >= 0.6 is 0 Å². The highest BCUT2D eigenvalue weighted by molar-refractivity contribution is 5.89. The van der Waals surface area contributed by atoms with Crippen LogP contribution in [0.1, 0.15) is 49.6 Å². The van der Waals surface area contributed by atoms with Crippen LogP contribution in [0.15, 0.2) is 18.2 Å². The first kappa shape index (κ1) is 17.3. The molecule has 0 saturated heterocycles. The molecule has 0 bridgehead atoms. The molecule has 1 aromatic heterocycles. The molecule has 25 heavy (non-hydrogen) atoms. The molecule has 7 nitrogen and oxygen atoms in total. The molecule has 5 N–H and O–H groups in total. The van der Waals surface area contributed by atoms with E-state index in [-0.39, 0.29) is 13.0 Å². The summed E-state index contributed by atoms with van der Waals surface area (Å²) in [6.45, 7) is 4.15. The second-order valence-electron chi connectivity index (χ2n) is 6.40. The number of aliphatic carboxylic acids is 1. The summed E-state index contributed by atoms with van der Waals surface area (Å²) < 4.78 is 5.99. The average molecular weight is 345 g/mol. The highest BCUT2D eigenvalue weighted by Gasteiger charge is 2.44. The normalized spacial score (nSPS) is 22.6. The fraction of sp³-hybridized carbons (Fsp3) is 0.444. The zero-order valence-corrected chi connectivity index (χ0v) is 14.4. The fourth-order valence-electron chi connectivity index (χ4n) is 3.79. The van der Waals surface area contributed by atoms with Crippen LogP contribution in [0, 0.1) is 0 Å². The number of nitrogens with two attached hydrogens (primary N) is 1. The summed E-state index contributed by atoms with van der Waals surface area (Å²) in [5.74, 6) is -0.927. The Morgan fingerprint density at radius 1 is 1.44 bits per heavy atom. The molecule has 0 fully saturated rings. The monoisotopic (exact) mass is 345 g/mol. The van der Waals surface area contributed by atoms with E-state index in [4.69, 9.17) is 10.5 Å². The van der Waals surface area contributed by atoms with Gasteiger partial charge in [-0.05, 0) is 18.4 Å². The number of hydrogen-bond donors (Lipinski definition) is 4. The standard InChI is InChI=1S/C18H23N3O4/c1-3-10-6-5-7-11-14-12(20-17(19)24)9-25-18(4-2,8-13(22)23)16(14)21-15(10)11/h5-7,12,21H,3-4,8-9H2,1-2H3,(H,22,23)(H3,19,20,24). The Hall–Kier alpha value is -2.54. The van der Waals surface area contributed by atoms with Gasteiger partial charge in [0.25, 0.3) is 0 Å². The predicted molar refractivity (Wildman–Crippen MR) is 93.3 cm³/mol. The Morgan fingerprint density at radius 3 is 2.80 bits per heavy atom. The summed E-state index contributed by atoms with van der Waals surface area (Å²) in [7, 11) is 0. The molecular formula is C18H23N3O4. The molecule has 0 aliphatic carbocycles. The third kappa shape index (κ3) is 2.84. The van der Waals surface area contributed by atoms with Crippen molar-refractivity contribution in [1.82, 2.24) is 10.3 Å². The van der Waals surface area contributed by atoms with E-state index in [1.165, 1.54) is 0 Å². The number of nitrogens with one attached hydrogen (secondary N) is 2. The third-order valence-electron chi connectivity index (χ3n) is 5.00. The van der Waals surface area contributed by atoms with Crippen LogP contribution in [0.4, 0.5) is 4.79 Å². The van der Waals surface area contributed by atoms with Crippen molar-refractivity contribution in [3.05, 3.63) is 35.0 Å². The lowest BCUT2D eigenvalue weighted by Crippen LogP contribution is -2.44. The van der Waals surface area contributed by atoms with Crippen molar-refractivity contribution >= 4 is 22.9 Å². The first-order valence-electron chi connectivity index (χ1n) is 8.47. The van der Waals surface area contributed by atoms with Gasteiger partial charge in [-0.15, -0.1) is 0 Å². The number of carbonyl (C=O) groups excluding carboxylic acids is 1. The number of carbonyl (C=O) groups is 2. The SMILES string of the molecule is CCc1cccc2c3c([nH]c12)C(CC)(CC(=O)O)OCC3NC(N)=O. The summed E-state index contributed by atoms with van der Waals surface area (Å²) in [6.07, 6.45) is 1.20. The van der Waals surface area contributed by atoms with Crippen molar-refractivity contribution in [2.45, 2.75) is 44.8 Å². The van der Waals surface area contributed by atoms with E-state index >= 15 is 0 Å². The smallest absolute Gasteiger partial charge is 0.312 e.